The number of hydrogen-bond acceptors (Lipinski definition) is 6. The van der Waals surface area contributed by atoms with Gasteiger partial charge in [-0.05, 0) is 103 Å². The van der Waals surface area contributed by atoms with Crippen molar-refractivity contribution in [3.8, 4) is 11.1 Å². The summed E-state index contributed by atoms with van der Waals surface area (Å²) in [5.41, 5.74) is 5.81. The molecule has 0 bridgehead atoms. The Morgan fingerprint density at radius 2 is 1.84 bits per heavy atom. The van der Waals surface area contributed by atoms with Crippen molar-refractivity contribution < 1.29 is 14.7 Å². The maximum absolute atomic E-state index is 13.6. The zero-order valence-electron chi connectivity index (χ0n) is 25.8. The fourth-order valence-electron chi connectivity index (χ4n) is 6.34. The van der Waals surface area contributed by atoms with Crippen LogP contribution in [0.1, 0.15) is 79.0 Å². The Labute approximate surface area is 262 Å². The Morgan fingerprint density at radius 3 is 2.50 bits per heavy atom. The number of pyridine rings is 2. The number of likely N-dealkylation sites (tertiary alicyclic amines) is 1. The van der Waals surface area contributed by atoms with Crippen molar-refractivity contribution in [2.75, 3.05) is 19.6 Å². The molecule has 6 rings (SSSR count). The van der Waals surface area contributed by atoms with E-state index in [0.29, 0.717) is 5.92 Å². The van der Waals surface area contributed by atoms with Gasteiger partial charge in [-0.25, -0.2) is 4.98 Å². The summed E-state index contributed by atoms with van der Waals surface area (Å²) in [6.07, 6.45) is 8.34. The molecule has 1 aliphatic heterocycles. The van der Waals surface area contributed by atoms with Crippen molar-refractivity contribution in [2.45, 2.75) is 65.3 Å². The van der Waals surface area contributed by atoms with Gasteiger partial charge in [-0.3, -0.25) is 14.4 Å². The summed E-state index contributed by atoms with van der Waals surface area (Å²) < 4.78 is 0. The number of aromatic nitrogens is 2. The van der Waals surface area contributed by atoms with E-state index in [1.165, 1.54) is 41.9 Å². The van der Waals surface area contributed by atoms with Crippen molar-refractivity contribution >= 4 is 33.9 Å². The van der Waals surface area contributed by atoms with Crippen LogP contribution in [0.25, 0.3) is 21.3 Å². The van der Waals surface area contributed by atoms with E-state index >= 15 is 0 Å². The highest BCUT2D eigenvalue weighted by Crippen LogP contribution is 2.38. The molecule has 0 saturated carbocycles. The Bertz CT molecular complexity index is 1630. The lowest BCUT2D eigenvalue weighted by Crippen LogP contribution is -2.31. The van der Waals surface area contributed by atoms with Gasteiger partial charge in [-0.2, -0.15) is 0 Å². The average Bonchev–Trinajstić information content (AvgIpc) is 3.68. The Balaban J connectivity index is 0.00000123. The van der Waals surface area contributed by atoms with Crippen molar-refractivity contribution in [1.82, 2.24) is 20.2 Å². The van der Waals surface area contributed by atoms with Crippen LogP contribution in [-0.4, -0.2) is 52.0 Å². The third-order valence-corrected chi connectivity index (χ3v) is 10.0. The summed E-state index contributed by atoms with van der Waals surface area (Å²) in [4.78, 5) is 45.4. The fraction of sp³-hybridized carbons (Fsp3) is 0.429. The van der Waals surface area contributed by atoms with Gasteiger partial charge in [0.15, 0.2) is 0 Å². The second kappa shape index (κ2) is 13.9. The smallest absolute Gasteiger partial charge is 0.290 e. The topological polar surface area (TPSA) is 115 Å². The molecule has 3 N–H and O–H groups in total. The van der Waals surface area contributed by atoms with E-state index in [0.717, 1.165) is 70.7 Å². The van der Waals surface area contributed by atoms with Crippen LogP contribution in [0.3, 0.4) is 0 Å². The summed E-state index contributed by atoms with van der Waals surface area (Å²) in [7, 11) is 0. The standard InChI is InChI=1S/C34H40N4O2S.CH2O2/c1-34(2,3)27-11-12-28-25(19-27)18-26-20-30(41-33(26)37-28)32(40)36-29(14-17-38-15-4-5-16-38)23-8-6-22(7-9-23)24-10-13-31(39)35-21-24;2-1-3/h6-10,13,18,20-21,27,29H,4-5,11-12,14-17,19H2,1-3H3,(H,35,39)(H,36,40);1H,(H,2,3)/t27-,29+;/m0./s1. The molecule has 9 heteroatoms. The maximum Gasteiger partial charge on any atom is 0.290 e. The molecule has 1 amide bonds. The number of rotatable bonds is 7. The molecule has 44 heavy (non-hydrogen) atoms. The van der Waals surface area contributed by atoms with Crippen LogP contribution in [0, 0.1) is 11.3 Å². The summed E-state index contributed by atoms with van der Waals surface area (Å²) >= 11 is 1.50. The molecular weight excluding hydrogens is 572 g/mol. The number of nitrogens with zero attached hydrogens (tertiary/aromatic N) is 2. The number of carboxylic acid groups (broad SMARTS) is 1. The molecular formula is C35H42N4O4S. The second-order valence-electron chi connectivity index (χ2n) is 12.9. The Hall–Kier alpha value is -3.82. The highest BCUT2D eigenvalue weighted by molar-refractivity contribution is 7.20. The number of benzene rings is 1. The van der Waals surface area contributed by atoms with Crippen molar-refractivity contribution in [1.29, 1.82) is 0 Å². The van der Waals surface area contributed by atoms with Gasteiger partial charge in [0.1, 0.15) is 4.83 Å². The third kappa shape index (κ3) is 7.63. The van der Waals surface area contributed by atoms with Gasteiger partial charge < -0.3 is 20.3 Å². The summed E-state index contributed by atoms with van der Waals surface area (Å²) in [6, 6.07) is 15.9. The summed E-state index contributed by atoms with van der Waals surface area (Å²) in [5.74, 6) is 0.622. The second-order valence-corrected chi connectivity index (χ2v) is 14.0. The Morgan fingerprint density at radius 1 is 1.14 bits per heavy atom. The van der Waals surface area contributed by atoms with Crippen molar-refractivity contribution in [2.24, 2.45) is 11.3 Å². The van der Waals surface area contributed by atoms with E-state index in [1.807, 2.05) is 12.1 Å². The lowest BCUT2D eigenvalue weighted by molar-refractivity contribution is -0.122. The number of aromatic amines is 1. The van der Waals surface area contributed by atoms with Crippen LogP contribution < -0.4 is 10.9 Å². The minimum atomic E-state index is -0.250. The SMILES string of the molecule is CC(C)(C)[C@H]1CCc2nc3sc(C(=O)N[C@H](CCN4CCCC4)c4ccc(-c5ccc(=O)[nH]c5)cc4)cc3cc2C1.O=CO. The van der Waals surface area contributed by atoms with Crippen LogP contribution in [0.2, 0.25) is 0 Å². The van der Waals surface area contributed by atoms with Gasteiger partial charge in [0, 0.05) is 29.9 Å². The molecule has 1 aromatic carbocycles. The minimum absolute atomic E-state index is 0.0327. The predicted octanol–water partition coefficient (Wildman–Crippen LogP) is 6.46. The first-order valence-corrected chi connectivity index (χ1v) is 16.3. The highest BCUT2D eigenvalue weighted by atomic mass is 32.1. The molecule has 4 heterocycles. The van der Waals surface area contributed by atoms with Crippen molar-refractivity contribution in [3.05, 3.63) is 86.8 Å². The maximum atomic E-state index is 13.6. The Kier molecular flexibility index (Phi) is 9.96. The first-order chi connectivity index (χ1) is 21.1. The molecule has 1 aliphatic carbocycles. The van der Waals surface area contributed by atoms with Gasteiger partial charge in [0.2, 0.25) is 5.56 Å². The number of hydrogen-bond donors (Lipinski definition) is 3. The number of fused-ring (bicyclic) bond motifs is 2. The van der Waals surface area contributed by atoms with Crippen LogP contribution in [0.4, 0.5) is 0 Å². The fourth-order valence-corrected chi connectivity index (χ4v) is 7.28. The molecule has 0 radical (unpaired) electrons. The van der Waals surface area contributed by atoms with Gasteiger partial charge in [-0.1, -0.05) is 45.0 Å². The third-order valence-electron chi connectivity index (χ3n) is 8.99. The van der Waals surface area contributed by atoms with Crippen LogP contribution in [-0.2, 0) is 17.6 Å². The van der Waals surface area contributed by atoms with E-state index in [4.69, 9.17) is 14.9 Å². The summed E-state index contributed by atoms with van der Waals surface area (Å²) in [6.45, 7) is 9.97. The number of amides is 1. The number of carbonyl (C=O) groups excluding carboxylic acids is 1. The lowest BCUT2D eigenvalue weighted by Gasteiger charge is -2.34. The van der Waals surface area contributed by atoms with E-state index in [1.54, 1.807) is 12.3 Å². The van der Waals surface area contributed by atoms with Crippen molar-refractivity contribution in [3.63, 3.8) is 0 Å². The van der Waals surface area contributed by atoms with Gasteiger partial charge >= 0.3 is 0 Å². The normalized spacial score (nSPS) is 17.4. The highest BCUT2D eigenvalue weighted by Gasteiger charge is 2.30. The van der Waals surface area contributed by atoms with E-state index in [9.17, 15) is 9.59 Å². The molecule has 0 spiro atoms. The molecule has 0 unspecified atom stereocenters. The van der Waals surface area contributed by atoms with Gasteiger partial charge in [0.05, 0.1) is 10.9 Å². The number of aryl methyl sites for hydroxylation is 1. The molecule has 3 aromatic heterocycles. The average molecular weight is 615 g/mol. The zero-order valence-corrected chi connectivity index (χ0v) is 26.6. The van der Waals surface area contributed by atoms with E-state index < -0.39 is 0 Å². The molecule has 4 aromatic rings. The van der Waals surface area contributed by atoms with Crippen LogP contribution in [0.5, 0.6) is 0 Å². The number of H-pyrrole nitrogens is 1. The van der Waals surface area contributed by atoms with Gasteiger partial charge in [0.25, 0.3) is 12.4 Å². The van der Waals surface area contributed by atoms with E-state index in [2.05, 4.69) is 66.3 Å². The molecule has 2 aliphatic rings. The number of nitrogens with one attached hydrogen (secondary N) is 2. The summed E-state index contributed by atoms with van der Waals surface area (Å²) in [5, 5.41) is 11.3. The predicted molar refractivity (Wildman–Crippen MR) is 176 cm³/mol. The first-order valence-electron chi connectivity index (χ1n) is 15.5. The molecule has 1 saturated heterocycles. The van der Waals surface area contributed by atoms with Crippen LogP contribution >= 0.6 is 11.3 Å². The lowest BCUT2D eigenvalue weighted by atomic mass is 9.71. The quantitative estimate of drug-likeness (QED) is 0.206. The van der Waals surface area contributed by atoms with E-state index in [-0.39, 0.29) is 29.4 Å². The first kappa shape index (κ1) is 31.6. The zero-order chi connectivity index (χ0) is 31.3. The molecule has 1 fully saturated rings. The molecule has 8 nitrogen and oxygen atoms in total. The number of carbonyl (C=O) groups is 2. The largest absolute Gasteiger partial charge is 0.483 e. The number of thiophene rings is 1. The molecule has 232 valence electrons. The monoisotopic (exact) mass is 614 g/mol. The van der Waals surface area contributed by atoms with Gasteiger partial charge in [-0.15, -0.1) is 11.3 Å². The van der Waals surface area contributed by atoms with Crippen LogP contribution in [0.15, 0.2) is 59.5 Å². The molecule has 2 atom stereocenters. The minimum Gasteiger partial charge on any atom is -0.483 e.